The van der Waals surface area contributed by atoms with Gasteiger partial charge in [0.05, 0.1) is 0 Å². The van der Waals surface area contributed by atoms with E-state index in [2.05, 4.69) is 5.32 Å². The summed E-state index contributed by atoms with van der Waals surface area (Å²) >= 11 is 0. The van der Waals surface area contributed by atoms with Crippen molar-refractivity contribution in [1.29, 1.82) is 0 Å². The van der Waals surface area contributed by atoms with E-state index >= 15 is 0 Å². The largest absolute Gasteiger partial charge is 0.399 e. The van der Waals surface area contributed by atoms with Crippen molar-refractivity contribution in [2.75, 3.05) is 26.0 Å². The molecule has 19 heavy (non-hydrogen) atoms. The normalized spacial score (nSPS) is 15.4. The summed E-state index contributed by atoms with van der Waals surface area (Å²) in [6, 6.07) is 7.05. The van der Waals surface area contributed by atoms with Crippen LogP contribution in [0.4, 0.5) is 5.69 Å². The molecular formula is C14H21ClN2O2. The number of amides is 1. The molecule has 0 radical (unpaired) electrons. The Balaban J connectivity index is 0.00000180. The van der Waals surface area contributed by atoms with Gasteiger partial charge in [0.2, 0.25) is 0 Å². The zero-order valence-electron chi connectivity index (χ0n) is 11.1. The third kappa shape index (κ3) is 4.40. The highest BCUT2D eigenvalue weighted by molar-refractivity contribution is 5.95. The van der Waals surface area contributed by atoms with Crippen molar-refractivity contribution in [1.82, 2.24) is 5.32 Å². The van der Waals surface area contributed by atoms with Gasteiger partial charge < -0.3 is 15.8 Å². The number of halogens is 1. The fourth-order valence-corrected chi connectivity index (χ4v) is 2.06. The lowest BCUT2D eigenvalue weighted by Crippen LogP contribution is -2.30. The van der Waals surface area contributed by atoms with Gasteiger partial charge in [-0.1, -0.05) is 6.07 Å². The molecule has 0 unspecified atom stereocenters. The first-order chi connectivity index (χ1) is 8.65. The summed E-state index contributed by atoms with van der Waals surface area (Å²) in [5.41, 5.74) is 7.17. The molecule has 1 aliphatic rings. The lowest BCUT2D eigenvalue weighted by molar-refractivity contribution is 0.0938. The standard InChI is InChI=1S/C14H20N2O2.ClH/c1-18-8-7-14(5-6-14)10-16-13(17)11-3-2-4-12(15)9-11;/h2-4,9H,5-8,10,15H2,1H3,(H,16,17);1H. The van der Waals surface area contributed by atoms with Crippen molar-refractivity contribution in [2.24, 2.45) is 5.41 Å². The molecule has 1 saturated carbocycles. The van der Waals surface area contributed by atoms with Crippen molar-refractivity contribution in [3.05, 3.63) is 29.8 Å². The van der Waals surface area contributed by atoms with Gasteiger partial charge in [-0.05, 0) is 42.9 Å². The van der Waals surface area contributed by atoms with Crippen LogP contribution in [0.15, 0.2) is 24.3 Å². The number of methoxy groups -OCH3 is 1. The minimum atomic E-state index is -0.0500. The van der Waals surface area contributed by atoms with Crippen LogP contribution in [-0.2, 0) is 4.74 Å². The number of carbonyl (C=O) groups is 1. The van der Waals surface area contributed by atoms with E-state index in [4.69, 9.17) is 10.5 Å². The monoisotopic (exact) mass is 284 g/mol. The number of carbonyl (C=O) groups excluding carboxylic acids is 1. The van der Waals surface area contributed by atoms with Crippen molar-refractivity contribution < 1.29 is 9.53 Å². The fourth-order valence-electron chi connectivity index (χ4n) is 2.06. The molecule has 5 heteroatoms. The Morgan fingerprint density at radius 3 is 2.79 bits per heavy atom. The summed E-state index contributed by atoms with van der Waals surface area (Å²) in [4.78, 5) is 11.9. The number of benzene rings is 1. The molecule has 106 valence electrons. The summed E-state index contributed by atoms with van der Waals surface area (Å²) < 4.78 is 5.10. The van der Waals surface area contributed by atoms with Crippen molar-refractivity contribution in [3.8, 4) is 0 Å². The number of ether oxygens (including phenoxy) is 1. The molecule has 0 spiro atoms. The Kier molecular flexibility index (Phi) is 5.63. The first-order valence-corrected chi connectivity index (χ1v) is 6.28. The molecule has 0 aliphatic heterocycles. The average molecular weight is 285 g/mol. The summed E-state index contributed by atoms with van der Waals surface area (Å²) in [7, 11) is 1.71. The Bertz CT molecular complexity index is 433. The van der Waals surface area contributed by atoms with Crippen LogP contribution in [0, 0.1) is 5.41 Å². The third-order valence-corrected chi connectivity index (χ3v) is 3.57. The lowest BCUT2D eigenvalue weighted by Gasteiger charge is -2.15. The van der Waals surface area contributed by atoms with Crippen LogP contribution in [0.2, 0.25) is 0 Å². The molecular weight excluding hydrogens is 264 g/mol. The molecule has 0 heterocycles. The SMILES string of the molecule is COCCC1(CNC(=O)c2cccc(N)c2)CC1.Cl. The van der Waals surface area contributed by atoms with Crippen LogP contribution < -0.4 is 11.1 Å². The maximum atomic E-state index is 11.9. The van der Waals surface area contributed by atoms with Gasteiger partial charge in [0, 0.05) is 31.5 Å². The zero-order valence-corrected chi connectivity index (χ0v) is 12.0. The Morgan fingerprint density at radius 2 is 2.21 bits per heavy atom. The van der Waals surface area contributed by atoms with Crippen molar-refractivity contribution >= 4 is 24.0 Å². The Labute approximate surface area is 120 Å². The van der Waals surface area contributed by atoms with Gasteiger partial charge in [-0.15, -0.1) is 12.4 Å². The smallest absolute Gasteiger partial charge is 0.251 e. The van der Waals surface area contributed by atoms with Crippen molar-refractivity contribution in [2.45, 2.75) is 19.3 Å². The Morgan fingerprint density at radius 1 is 1.47 bits per heavy atom. The maximum Gasteiger partial charge on any atom is 0.251 e. The molecule has 1 aromatic carbocycles. The number of anilines is 1. The number of hydrogen-bond acceptors (Lipinski definition) is 3. The van der Waals surface area contributed by atoms with Crippen LogP contribution >= 0.6 is 12.4 Å². The molecule has 0 aromatic heterocycles. The summed E-state index contributed by atoms with van der Waals surface area (Å²) in [6.45, 7) is 1.48. The van der Waals surface area contributed by atoms with Gasteiger partial charge in [0.15, 0.2) is 0 Å². The van der Waals surface area contributed by atoms with Crippen LogP contribution in [0.1, 0.15) is 29.6 Å². The molecule has 1 aromatic rings. The second-order valence-electron chi connectivity index (χ2n) is 5.05. The quantitative estimate of drug-likeness (QED) is 0.788. The molecule has 1 aliphatic carbocycles. The number of nitrogens with one attached hydrogen (secondary N) is 1. The summed E-state index contributed by atoms with van der Waals surface area (Å²) in [5, 5.41) is 2.99. The highest BCUT2D eigenvalue weighted by Gasteiger charge is 2.42. The van der Waals surface area contributed by atoms with E-state index in [-0.39, 0.29) is 23.7 Å². The minimum absolute atomic E-state index is 0. The van der Waals surface area contributed by atoms with Gasteiger partial charge in [0.1, 0.15) is 0 Å². The van der Waals surface area contributed by atoms with E-state index in [0.29, 0.717) is 11.3 Å². The lowest BCUT2D eigenvalue weighted by atomic mass is 10.0. The van der Waals surface area contributed by atoms with Crippen LogP contribution in [0.25, 0.3) is 0 Å². The van der Waals surface area contributed by atoms with Crippen molar-refractivity contribution in [3.63, 3.8) is 0 Å². The number of rotatable bonds is 6. The molecule has 2 rings (SSSR count). The van der Waals surface area contributed by atoms with E-state index in [9.17, 15) is 4.79 Å². The number of nitrogens with two attached hydrogens (primary N) is 1. The van der Waals surface area contributed by atoms with Crippen LogP contribution in [0.3, 0.4) is 0 Å². The van der Waals surface area contributed by atoms with Crippen LogP contribution in [0.5, 0.6) is 0 Å². The third-order valence-electron chi connectivity index (χ3n) is 3.57. The van der Waals surface area contributed by atoms with E-state index in [1.165, 1.54) is 12.8 Å². The second-order valence-corrected chi connectivity index (χ2v) is 5.05. The molecule has 1 fully saturated rings. The van der Waals surface area contributed by atoms with Gasteiger partial charge >= 0.3 is 0 Å². The van der Waals surface area contributed by atoms with Gasteiger partial charge in [-0.25, -0.2) is 0 Å². The maximum absolute atomic E-state index is 11.9. The number of nitrogen functional groups attached to an aromatic ring is 1. The molecule has 0 bridgehead atoms. The first kappa shape index (κ1) is 15.8. The average Bonchev–Trinajstić information content (AvgIpc) is 3.14. The molecule has 4 nitrogen and oxygen atoms in total. The summed E-state index contributed by atoms with van der Waals surface area (Å²) in [6.07, 6.45) is 3.36. The van der Waals surface area contributed by atoms with Gasteiger partial charge in [-0.3, -0.25) is 4.79 Å². The van der Waals surface area contributed by atoms with Crippen LogP contribution in [-0.4, -0.2) is 26.2 Å². The van der Waals surface area contributed by atoms with E-state index < -0.39 is 0 Å². The molecule has 0 atom stereocenters. The molecule has 0 saturated heterocycles. The van der Waals surface area contributed by atoms with Gasteiger partial charge in [0.25, 0.3) is 5.91 Å². The molecule has 3 N–H and O–H groups in total. The Hall–Kier alpha value is -1.26. The second kappa shape index (κ2) is 6.78. The molecule has 1 amide bonds. The van der Waals surface area contributed by atoms with Gasteiger partial charge in [-0.2, -0.15) is 0 Å². The summed E-state index contributed by atoms with van der Waals surface area (Å²) in [5.74, 6) is -0.0500. The zero-order chi connectivity index (χ0) is 13.0. The topological polar surface area (TPSA) is 64.3 Å². The first-order valence-electron chi connectivity index (χ1n) is 6.28. The minimum Gasteiger partial charge on any atom is -0.399 e. The predicted molar refractivity (Wildman–Crippen MR) is 78.6 cm³/mol. The highest BCUT2D eigenvalue weighted by atomic mass is 35.5. The fraction of sp³-hybridized carbons (Fsp3) is 0.500. The van der Waals surface area contributed by atoms with E-state index in [1.807, 2.05) is 0 Å². The number of hydrogen-bond donors (Lipinski definition) is 2. The van der Waals surface area contributed by atoms with E-state index in [1.54, 1.807) is 31.4 Å². The predicted octanol–water partition coefficient (Wildman–Crippen LogP) is 2.24. The highest BCUT2D eigenvalue weighted by Crippen LogP contribution is 2.48. The van der Waals surface area contributed by atoms with E-state index in [0.717, 1.165) is 19.6 Å².